The predicted octanol–water partition coefficient (Wildman–Crippen LogP) is 2.59. The average molecular weight is 381 g/mol. The molecule has 1 amide bonds. The maximum absolute atomic E-state index is 12.1. The number of hydrogen-bond donors (Lipinski definition) is 2. The Labute approximate surface area is 163 Å². The van der Waals surface area contributed by atoms with Crippen LogP contribution in [-0.4, -0.2) is 23.5 Å². The van der Waals surface area contributed by atoms with Gasteiger partial charge in [0.05, 0.1) is 0 Å². The molecule has 0 saturated carbocycles. The lowest BCUT2D eigenvalue weighted by atomic mass is 9.99. The number of ether oxygens (including phenoxy) is 1. The molecule has 1 aromatic carbocycles. The zero-order valence-corrected chi connectivity index (χ0v) is 16.4. The zero-order chi connectivity index (χ0) is 20.8. The van der Waals surface area contributed by atoms with E-state index in [2.05, 4.69) is 10.3 Å². The standard InChI is InChI=1S/C21H23N3O4/c1-12-6-5-7-13(2)20(12)24-18(25)11-28-19(26)9-8-16-14(3)17(10-22)21(27)23-15(16)4/h5-7H,8-9,11H2,1-4H3,(H,23,27)(H,24,25). The molecular formula is C21H23N3O4. The van der Waals surface area contributed by atoms with E-state index in [0.717, 1.165) is 16.7 Å². The normalized spacial score (nSPS) is 10.2. The highest BCUT2D eigenvalue weighted by Crippen LogP contribution is 2.19. The number of carbonyl (C=O) groups excluding carboxylic acids is 2. The molecule has 0 fully saturated rings. The maximum Gasteiger partial charge on any atom is 0.306 e. The molecule has 2 N–H and O–H groups in total. The number of aromatic nitrogens is 1. The number of anilines is 1. The van der Waals surface area contributed by atoms with Crippen LogP contribution in [0.1, 0.15) is 39.9 Å². The number of H-pyrrole nitrogens is 1. The lowest BCUT2D eigenvalue weighted by Gasteiger charge is -2.12. The first-order valence-electron chi connectivity index (χ1n) is 8.88. The summed E-state index contributed by atoms with van der Waals surface area (Å²) in [6.07, 6.45) is 0.343. The number of amides is 1. The van der Waals surface area contributed by atoms with Crippen molar-refractivity contribution in [3.05, 3.63) is 62.1 Å². The molecule has 7 nitrogen and oxygen atoms in total. The van der Waals surface area contributed by atoms with E-state index in [1.165, 1.54) is 0 Å². The first-order valence-corrected chi connectivity index (χ1v) is 8.88. The van der Waals surface area contributed by atoms with Crippen LogP contribution in [0.25, 0.3) is 0 Å². The zero-order valence-electron chi connectivity index (χ0n) is 16.4. The second kappa shape index (κ2) is 9.00. The van der Waals surface area contributed by atoms with Crippen molar-refractivity contribution in [3.8, 4) is 6.07 Å². The molecule has 28 heavy (non-hydrogen) atoms. The van der Waals surface area contributed by atoms with Gasteiger partial charge in [-0.1, -0.05) is 18.2 Å². The summed E-state index contributed by atoms with van der Waals surface area (Å²) >= 11 is 0. The van der Waals surface area contributed by atoms with Gasteiger partial charge in [-0.2, -0.15) is 5.26 Å². The molecule has 2 aromatic rings. The highest BCUT2D eigenvalue weighted by Gasteiger charge is 2.15. The number of rotatable bonds is 6. The molecule has 0 radical (unpaired) electrons. The molecule has 0 saturated heterocycles. The van der Waals surface area contributed by atoms with E-state index in [0.29, 0.717) is 23.4 Å². The summed E-state index contributed by atoms with van der Waals surface area (Å²) in [5.41, 5.74) is 4.08. The number of aryl methyl sites for hydroxylation is 3. The van der Waals surface area contributed by atoms with E-state index in [1.54, 1.807) is 13.8 Å². The second-order valence-corrected chi connectivity index (χ2v) is 6.65. The van der Waals surface area contributed by atoms with Crippen molar-refractivity contribution in [2.45, 2.75) is 40.5 Å². The molecule has 146 valence electrons. The highest BCUT2D eigenvalue weighted by atomic mass is 16.5. The summed E-state index contributed by atoms with van der Waals surface area (Å²) < 4.78 is 5.05. The largest absolute Gasteiger partial charge is 0.456 e. The third kappa shape index (κ3) is 4.86. The molecule has 0 atom stereocenters. The first-order chi connectivity index (χ1) is 13.2. The number of nitrogens with zero attached hydrogens (tertiary/aromatic N) is 1. The molecule has 1 heterocycles. The van der Waals surface area contributed by atoms with E-state index >= 15 is 0 Å². The molecule has 7 heteroatoms. The van der Waals surface area contributed by atoms with Gasteiger partial charge in [-0.15, -0.1) is 0 Å². The van der Waals surface area contributed by atoms with Gasteiger partial charge in [0, 0.05) is 17.8 Å². The summed E-state index contributed by atoms with van der Waals surface area (Å²) in [7, 11) is 0. The van der Waals surface area contributed by atoms with Crippen LogP contribution in [0.4, 0.5) is 5.69 Å². The Kier molecular flexibility index (Phi) is 6.72. The molecule has 0 spiro atoms. The minimum atomic E-state index is -0.528. The summed E-state index contributed by atoms with van der Waals surface area (Å²) in [6.45, 7) is 6.80. The predicted molar refractivity (Wildman–Crippen MR) is 105 cm³/mol. The number of aromatic amines is 1. The smallest absolute Gasteiger partial charge is 0.306 e. The quantitative estimate of drug-likeness (QED) is 0.747. The van der Waals surface area contributed by atoms with Crippen LogP contribution in [-0.2, 0) is 20.7 Å². The van der Waals surface area contributed by atoms with Crippen LogP contribution in [0.3, 0.4) is 0 Å². The van der Waals surface area contributed by atoms with Gasteiger partial charge in [-0.3, -0.25) is 14.4 Å². The fourth-order valence-corrected chi connectivity index (χ4v) is 3.05. The fraction of sp³-hybridized carbons (Fsp3) is 0.333. The van der Waals surface area contributed by atoms with E-state index in [9.17, 15) is 14.4 Å². The van der Waals surface area contributed by atoms with Crippen LogP contribution in [0, 0.1) is 39.0 Å². The minimum Gasteiger partial charge on any atom is -0.456 e. The molecule has 0 bridgehead atoms. The van der Waals surface area contributed by atoms with Gasteiger partial charge in [-0.05, 0) is 56.4 Å². The van der Waals surface area contributed by atoms with Crippen molar-refractivity contribution in [2.75, 3.05) is 11.9 Å². The Hall–Kier alpha value is -3.40. The number of para-hydroxylation sites is 1. The van der Waals surface area contributed by atoms with Gasteiger partial charge in [0.25, 0.3) is 11.5 Å². The highest BCUT2D eigenvalue weighted by molar-refractivity contribution is 5.94. The molecule has 1 aromatic heterocycles. The monoisotopic (exact) mass is 381 g/mol. The SMILES string of the molecule is Cc1cccc(C)c1NC(=O)COC(=O)CCc1c(C)[nH]c(=O)c(C#N)c1C. The number of pyridine rings is 1. The number of nitriles is 1. The van der Waals surface area contributed by atoms with Gasteiger partial charge in [0.2, 0.25) is 0 Å². The number of nitrogens with one attached hydrogen (secondary N) is 2. The Balaban J connectivity index is 1.93. The van der Waals surface area contributed by atoms with Crippen LogP contribution in [0.15, 0.2) is 23.0 Å². The molecule has 0 aliphatic carbocycles. The summed E-state index contributed by atoms with van der Waals surface area (Å²) in [5, 5.41) is 11.8. The molecule has 2 rings (SSSR count). The third-order valence-corrected chi connectivity index (χ3v) is 4.61. The van der Waals surface area contributed by atoms with Crippen molar-refractivity contribution in [1.29, 1.82) is 5.26 Å². The Morgan fingerprint density at radius 1 is 1.18 bits per heavy atom. The minimum absolute atomic E-state index is 0.0370. The lowest BCUT2D eigenvalue weighted by Crippen LogP contribution is -2.22. The van der Waals surface area contributed by atoms with Crippen molar-refractivity contribution >= 4 is 17.6 Å². The van der Waals surface area contributed by atoms with E-state index in [-0.39, 0.29) is 18.6 Å². The average Bonchev–Trinajstić information content (AvgIpc) is 2.63. The number of benzene rings is 1. The second-order valence-electron chi connectivity index (χ2n) is 6.65. The molecule has 0 aliphatic rings. The third-order valence-electron chi connectivity index (χ3n) is 4.61. The Morgan fingerprint density at radius 3 is 2.43 bits per heavy atom. The van der Waals surface area contributed by atoms with E-state index in [1.807, 2.05) is 38.1 Å². The van der Waals surface area contributed by atoms with Gasteiger partial charge in [0.1, 0.15) is 11.6 Å². The topological polar surface area (TPSA) is 112 Å². The van der Waals surface area contributed by atoms with Crippen LogP contribution in [0.2, 0.25) is 0 Å². The van der Waals surface area contributed by atoms with Crippen molar-refractivity contribution in [2.24, 2.45) is 0 Å². The molecule has 0 unspecified atom stereocenters. The van der Waals surface area contributed by atoms with Gasteiger partial charge in [-0.25, -0.2) is 0 Å². The van der Waals surface area contributed by atoms with Crippen LogP contribution < -0.4 is 10.9 Å². The van der Waals surface area contributed by atoms with Crippen LogP contribution in [0.5, 0.6) is 0 Å². The Bertz CT molecular complexity index is 995. The van der Waals surface area contributed by atoms with Gasteiger partial charge < -0.3 is 15.0 Å². The molecular weight excluding hydrogens is 358 g/mol. The van der Waals surface area contributed by atoms with Crippen molar-refractivity contribution < 1.29 is 14.3 Å². The summed E-state index contributed by atoms with van der Waals surface area (Å²) in [6, 6.07) is 7.56. The van der Waals surface area contributed by atoms with Crippen molar-refractivity contribution in [1.82, 2.24) is 4.98 Å². The number of hydrogen-bond acceptors (Lipinski definition) is 5. The van der Waals surface area contributed by atoms with Gasteiger partial charge in [0.15, 0.2) is 6.61 Å². The first kappa shape index (κ1) is 20.9. The Morgan fingerprint density at radius 2 is 1.82 bits per heavy atom. The van der Waals surface area contributed by atoms with E-state index in [4.69, 9.17) is 10.00 Å². The van der Waals surface area contributed by atoms with Crippen molar-refractivity contribution in [3.63, 3.8) is 0 Å². The number of esters is 1. The molecule has 0 aliphatic heterocycles. The van der Waals surface area contributed by atoms with Gasteiger partial charge >= 0.3 is 5.97 Å². The maximum atomic E-state index is 12.1. The summed E-state index contributed by atoms with van der Waals surface area (Å²) in [5.74, 6) is -0.936. The number of carbonyl (C=O) groups is 2. The van der Waals surface area contributed by atoms with E-state index < -0.39 is 17.4 Å². The van der Waals surface area contributed by atoms with Crippen LogP contribution >= 0.6 is 0 Å². The fourth-order valence-electron chi connectivity index (χ4n) is 3.05. The lowest BCUT2D eigenvalue weighted by molar-refractivity contribution is -0.147. The summed E-state index contributed by atoms with van der Waals surface area (Å²) in [4.78, 5) is 38.4.